The van der Waals surface area contributed by atoms with Crippen molar-refractivity contribution in [1.29, 1.82) is 0 Å². The van der Waals surface area contributed by atoms with Crippen LogP contribution in [0.5, 0.6) is 5.75 Å². The van der Waals surface area contributed by atoms with Crippen molar-refractivity contribution in [1.82, 2.24) is 14.5 Å². The van der Waals surface area contributed by atoms with Gasteiger partial charge in [-0.2, -0.15) is 0 Å². The molecule has 6 nitrogen and oxygen atoms in total. The van der Waals surface area contributed by atoms with E-state index in [1.165, 1.54) is 18.5 Å². The highest BCUT2D eigenvalue weighted by Gasteiger charge is 2.42. The predicted molar refractivity (Wildman–Crippen MR) is 104 cm³/mol. The van der Waals surface area contributed by atoms with Crippen LogP contribution in [0.25, 0.3) is 10.9 Å². The molecule has 2 aromatic heterocycles. The van der Waals surface area contributed by atoms with Crippen LogP contribution in [-0.4, -0.2) is 14.5 Å². The predicted octanol–water partition coefficient (Wildman–Crippen LogP) is 4.66. The minimum absolute atomic E-state index is 0.0359. The highest BCUT2D eigenvalue weighted by atomic mass is 19.3. The number of fused-ring (bicyclic) bond motifs is 1. The van der Waals surface area contributed by atoms with Gasteiger partial charge in [0.05, 0.1) is 16.5 Å². The third-order valence-electron chi connectivity index (χ3n) is 5.87. The van der Waals surface area contributed by atoms with E-state index in [0.717, 1.165) is 31.7 Å². The minimum atomic E-state index is -2.96. The zero-order chi connectivity index (χ0) is 21.0. The highest BCUT2D eigenvalue weighted by Crippen LogP contribution is 2.45. The Labute approximate surface area is 169 Å². The normalized spacial score (nSPS) is 17.4. The number of hydrogen-bond donors (Lipinski definition) is 1. The standard InChI is InChI=1S/C21H19F3N4O2/c1-21(7-8-21)28-9-13-17(15(20(28)29)11-5-6-11)25-10-26-19(13)27-30-14-4-2-3-12(16(14)22)18(23)24/h2-4,9-11,18H,5-8H2,1H3,(H,25,26,27). The molecule has 2 aliphatic rings. The smallest absolute Gasteiger partial charge is 0.266 e. The van der Waals surface area contributed by atoms with Crippen LogP contribution in [-0.2, 0) is 5.54 Å². The summed E-state index contributed by atoms with van der Waals surface area (Å²) in [6.07, 6.45) is 3.72. The minimum Gasteiger partial charge on any atom is -0.378 e. The summed E-state index contributed by atoms with van der Waals surface area (Å²) in [7, 11) is 0. The lowest BCUT2D eigenvalue weighted by Crippen LogP contribution is -2.30. The number of halogens is 3. The second kappa shape index (κ2) is 6.72. The van der Waals surface area contributed by atoms with Crippen LogP contribution >= 0.6 is 0 Å². The van der Waals surface area contributed by atoms with Gasteiger partial charge in [-0.15, -0.1) is 0 Å². The van der Waals surface area contributed by atoms with Crippen LogP contribution in [0.3, 0.4) is 0 Å². The first-order valence-corrected chi connectivity index (χ1v) is 9.79. The third kappa shape index (κ3) is 3.09. The monoisotopic (exact) mass is 416 g/mol. The zero-order valence-electron chi connectivity index (χ0n) is 16.2. The fourth-order valence-electron chi connectivity index (χ4n) is 3.67. The molecular weight excluding hydrogens is 397 g/mol. The molecule has 0 spiro atoms. The van der Waals surface area contributed by atoms with E-state index in [1.54, 1.807) is 10.8 Å². The number of benzene rings is 1. The number of anilines is 1. The van der Waals surface area contributed by atoms with Crippen molar-refractivity contribution in [2.45, 2.75) is 50.5 Å². The molecule has 0 aliphatic heterocycles. The molecule has 0 unspecified atom stereocenters. The van der Waals surface area contributed by atoms with Gasteiger partial charge in [0, 0.05) is 17.3 Å². The molecule has 156 valence electrons. The van der Waals surface area contributed by atoms with Crippen LogP contribution in [0.2, 0.25) is 0 Å². The van der Waals surface area contributed by atoms with Crippen molar-refractivity contribution in [2.75, 3.05) is 5.48 Å². The first-order valence-electron chi connectivity index (χ1n) is 9.79. The molecule has 1 aromatic carbocycles. The molecule has 2 fully saturated rings. The second-order valence-electron chi connectivity index (χ2n) is 8.14. The van der Waals surface area contributed by atoms with Crippen molar-refractivity contribution >= 4 is 16.7 Å². The van der Waals surface area contributed by atoms with Gasteiger partial charge in [-0.05, 0) is 44.6 Å². The lowest BCUT2D eigenvalue weighted by molar-refractivity contribution is 0.145. The Balaban J connectivity index is 1.57. The van der Waals surface area contributed by atoms with E-state index in [1.807, 2.05) is 6.92 Å². The zero-order valence-corrected chi connectivity index (χ0v) is 16.2. The lowest BCUT2D eigenvalue weighted by Gasteiger charge is -2.18. The van der Waals surface area contributed by atoms with Crippen LogP contribution in [0, 0.1) is 5.82 Å². The van der Waals surface area contributed by atoms with E-state index in [0.29, 0.717) is 16.5 Å². The Hall–Kier alpha value is -3.10. The van der Waals surface area contributed by atoms with Crippen molar-refractivity contribution in [3.05, 3.63) is 58.0 Å². The summed E-state index contributed by atoms with van der Waals surface area (Å²) >= 11 is 0. The van der Waals surface area contributed by atoms with Crippen molar-refractivity contribution in [3.63, 3.8) is 0 Å². The summed E-state index contributed by atoms with van der Waals surface area (Å²) in [4.78, 5) is 26.9. The largest absolute Gasteiger partial charge is 0.378 e. The average Bonchev–Trinajstić information content (AvgIpc) is 3.64. The molecule has 9 heteroatoms. The van der Waals surface area contributed by atoms with Crippen LogP contribution < -0.4 is 15.9 Å². The first-order chi connectivity index (χ1) is 14.4. The Bertz CT molecular complexity index is 1200. The highest BCUT2D eigenvalue weighted by molar-refractivity contribution is 5.90. The van der Waals surface area contributed by atoms with Crippen LogP contribution in [0.15, 0.2) is 35.5 Å². The Morgan fingerprint density at radius 2 is 2.03 bits per heavy atom. The van der Waals surface area contributed by atoms with Gasteiger partial charge in [-0.25, -0.2) is 28.6 Å². The number of hydrogen-bond acceptors (Lipinski definition) is 5. The number of alkyl halides is 2. The molecular formula is C21H19F3N4O2. The lowest BCUT2D eigenvalue weighted by atomic mass is 10.1. The molecule has 0 saturated heterocycles. The number of nitrogens with one attached hydrogen (secondary N) is 1. The van der Waals surface area contributed by atoms with E-state index in [4.69, 9.17) is 4.84 Å². The fraction of sp³-hybridized carbons (Fsp3) is 0.381. The van der Waals surface area contributed by atoms with Gasteiger partial charge in [-0.3, -0.25) is 4.79 Å². The number of aromatic nitrogens is 3. The van der Waals surface area contributed by atoms with Crippen molar-refractivity contribution in [3.8, 4) is 5.75 Å². The van der Waals surface area contributed by atoms with Gasteiger partial charge >= 0.3 is 0 Å². The van der Waals surface area contributed by atoms with E-state index < -0.39 is 17.8 Å². The molecule has 0 radical (unpaired) electrons. The van der Waals surface area contributed by atoms with Crippen LogP contribution in [0.1, 0.15) is 56.1 Å². The van der Waals surface area contributed by atoms with Gasteiger partial charge in [0.2, 0.25) is 0 Å². The maximum absolute atomic E-state index is 14.3. The Morgan fingerprint density at radius 3 is 2.70 bits per heavy atom. The van der Waals surface area contributed by atoms with E-state index in [-0.39, 0.29) is 28.6 Å². The molecule has 0 bridgehead atoms. The quantitative estimate of drug-likeness (QED) is 0.592. The Kier molecular flexibility index (Phi) is 4.23. The topological polar surface area (TPSA) is 69.0 Å². The molecule has 0 atom stereocenters. The molecule has 2 heterocycles. The fourth-order valence-corrected chi connectivity index (χ4v) is 3.67. The summed E-state index contributed by atoms with van der Waals surface area (Å²) in [5.74, 6) is -1.11. The van der Waals surface area contributed by atoms with Gasteiger partial charge in [0.15, 0.2) is 17.4 Å². The molecule has 1 N–H and O–H groups in total. The first kappa shape index (κ1) is 18.9. The van der Waals surface area contributed by atoms with Crippen molar-refractivity contribution < 1.29 is 18.0 Å². The maximum atomic E-state index is 14.3. The third-order valence-corrected chi connectivity index (χ3v) is 5.87. The number of rotatable bonds is 6. The molecule has 2 saturated carbocycles. The summed E-state index contributed by atoms with van der Waals surface area (Å²) in [5.41, 5.74) is 2.75. The van der Waals surface area contributed by atoms with Gasteiger partial charge in [-0.1, -0.05) is 12.1 Å². The van der Waals surface area contributed by atoms with E-state index in [9.17, 15) is 18.0 Å². The molecule has 0 amide bonds. The summed E-state index contributed by atoms with van der Waals surface area (Å²) in [6, 6.07) is 3.54. The summed E-state index contributed by atoms with van der Waals surface area (Å²) < 4.78 is 41.9. The van der Waals surface area contributed by atoms with Gasteiger partial charge in [0.25, 0.3) is 12.0 Å². The molecule has 3 aromatic rings. The second-order valence-corrected chi connectivity index (χ2v) is 8.14. The SMILES string of the molecule is CC1(n2cc3c(NOc4cccc(C(F)F)c4F)ncnc3c(C3CC3)c2=O)CC1. The molecule has 5 rings (SSSR count). The number of pyridine rings is 1. The van der Waals surface area contributed by atoms with Crippen LogP contribution in [0.4, 0.5) is 19.0 Å². The average molecular weight is 416 g/mol. The van der Waals surface area contributed by atoms with E-state index >= 15 is 0 Å². The molecule has 2 aliphatic carbocycles. The molecule has 30 heavy (non-hydrogen) atoms. The summed E-state index contributed by atoms with van der Waals surface area (Å²) in [5, 5.41) is 0.567. The van der Waals surface area contributed by atoms with Gasteiger partial charge in [0.1, 0.15) is 6.33 Å². The number of nitrogens with zero attached hydrogens (tertiary/aromatic N) is 3. The summed E-state index contributed by atoms with van der Waals surface area (Å²) in [6.45, 7) is 2.02. The van der Waals surface area contributed by atoms with Gasteiger partial charge < -0.3 is 9.40 Å². The maximum Gasteiger partial charge on any atom is 0.266 e. The van der Waals surface area contributed by atoms with E-state index in [2.05, 4.69) is 15.4 Å². The van der Waals surface area contributed by atoms with Crippen molar-refractivity contribution in [2.24, 2.45) is 0 Å². The Morgan fingerprint density at radius 1 is 1.27 bits per heavy atom.